The molecule has 1 heterocycles. The predicted molar refractivity (Wildman–Crippen MR) is 59.1 cm³/mol. The number of hydrogen-bond donors (Lipinski definition) is 1. The molecule has 2 rings (SSSR count). The average molecular weight is 208 g/mol. The Balaban J connectivity index is 1.96. The highest BCUT2D eigenvalue weighted by atomic mass is 19.1. The number of piperazine rings is 1. The second kappa shape index (κ2) is 4.73. The zero-order valence-corrected chi connectivity index (χ0v) is 9.04. The molecule has 0 radical (unpaired) electrons. The van der Waals surface area contributed by atoms with Crippen LogP contribution in [0.1, 0.15) is 12.5 Å². The Morgan fingerprint density at radius 2 is 2.40 bits per heavy atom. The molecule has 2 nitrogen and oxygen atoms in total. The Bertz CT molecular complexity index is 327. The van der Waals surface area contributed by atoms with Gasteiger partial charge in [-0.05, 0) is 24.6 Å². The van der Waals surface area contributed by atoms with E-state index < -0.39 is 0 Å². The Kier molecular flexibility index (Phi) is 3.34. The lowest BCUT2D eigenvalue weighted by atomic mass is 10.1. The zero-order valence-electron chi connectivity index (χ0n) is 9.04. The molecule has 0 spiro atoms. The van der Waals surface area contributed by atoms with Crippen molar-refractivity contribution >= 4 is 0 Å². The van der Waals surface area contributed by atoms with E-state index in [2.05, 4.69) is 17.1 Å². The summed E-state index contributed by atoms with van der Waals surface area (Å²) >= 11 is 0. The Labute approximate surface area is 90.1 Å². The molecular formula is C12H17FN2. The molecule has 1 fully saturated rings. The third kappa shape index (κ3) is 3.01. The van der Waals surface area contributed by atoms with Crippen molar-refractivity contribution in [2.24, 2.45) is 0 Å². The van der Waals surface area contributed by atoms with Gasteiger partial charge in [0.15, 0.2) is 0 Å². The van der Waals surface area contributed by atoms with Gasteiger partial charge in [-0.15, -0.1) is 0 Å². The molecule has 1 aliphatic heterocycles. The first-order valence-corrected chi connectivity index (χ1v) is 5.44. The molecule has 1 N–H and O–H groups in total. The van der Waals surface area contributed by atoms with Gasteiger partial charge in [0.05, 0.1) is 0 Å². The number of nitrogens with zero attached hydrogens (tertiary/aromatic N) is 1. The lowest BCUT2D eigenvalue weighted by molar-refractivity contribution is 0.199. The molecule has 0 unspecified atom stereocenters. The highest BCUT2D eigenvalue weighted by Gasteiger charge is 2.15. The summed E-state index contributed by atoms with van der Waals surface area (Å²) in [6, 6.07) is 7.40. The molecule has 82 valence electrons. The summed E-state index contributed by atoms with van der Waals surface area (Å²) in [6.07, 6.45) is 0. The van der Waals surface area contributed by atoms with Gasteiger partial charge < -0.3 is 5.32 Å². The van der Waals surface area contributed by atoms with Gasteiger partial charge in [0.25, 0.3) is 0 Å². The SMILES string of the molecule is C[C@H]1CN(Cc2cccc(F)c2)CCN1. The fourth-order valence-corrected chi connectivity index (χ4v) is 2.05. The fraction of sp³-hybridized carbons (Fsp3) is 0.500. The monoisotopic (exact) mass is 208 g/mol. The van der Waals surface area contributed by atoms with E-state index in [1.54, 1.807) is 12.1 Å². The number of benzene rings is 1. The van der Waals surface area contributed by atoms with Gasteiger partial charge >= 0.3 is 0 Å². The van der Waals surface area contributed by atoms with Crippen LogP contribution < -0.4 is 5.32 Å². The van der Waals surface area contributed by atoms with E-state index in [0.29, 0.717) is 6.04 Å². The summed E-state index contributed by atoms with van der Waals surface area (Å²) in [5, 5.41) is 3.39. The van der Waals surface area contributed by atoms with Crippen molar-refractivity contribution in [3.63, 3.8) is 0 Å². The molecule has 1 aliphatic rings. The molecule has 0 bridgehead atoms. The Morgan fingerprint density at radius 3 is 3.13 bits per heavy atom. The number of hydrogen-bond acceptors (Lipinski definition) is 2. The van der Waals surface area contributed by atoms with Crippen molar-refractivity contribution in [3.05, 3.63) is 35.6 Å². The molecule has 1 aromatic carbocycles. The normalized spacial score (nSPS) is 22.9. The van der Waals surface area contributed by atoms with Crippen LogP contribution in [0.15, 0.2) is 24.3 Å². The van der Waals surface area contributed by atoms with E-state index in [0.717, 1.165) is 31.7 Å². The third-order valence-electron chi connectivity index (χ3n) is 2.75. The van der Waals surface area contributed by atoms with Crippen molar-refractivity contribution < 1.29 is 4.39 Å². The summed E-state index contributed by atoms with van der Waals surface area (Å²) in [5.74, 6) is -0.143. The first-order chi connectivity index (χ1) is 7.24. The smallest absolute Gasteiger partial charge is 0.123 e. The minimum Gasteiger partial charge on any atom is -0.312 e. The summed E-state index contributed by atoms with van der Waals surface area (Å²) in [6.45, 7) is 6.13. The molecule has 1 aromatic rings. The first kappa shape index (κ1) is 10.6. The van der Waals surface area contributed by atoms with Crippen LogP contribution >= 0.6 is 0 Å². The molecule has 0 amide bonds. The van der Waals surface area contributed by atoms with Gasteiger partial charge in [-0.25, -0.2) is 4.39 Å². The van der Waals surface area contributed by atoms with Gasteiger partial charge in [0, 0.05) is 32.2 Å². The van der Waals surface area contributed by atoms with Crippen LogP contribution in [-0.2, 0) is 6.54 Å². The molecule has 1 saturated heterocycles. The zero-order chi connectivity index (χ0) is 10.7. The maximum absolute atomic E-state index is 13.0. The maximum Gasteiger partial charge on any atom is 0.123 e. The molecule has 3 heteroatoms. The van der Waals surface area contributed by atoms with Gasteiger partial charge in [-0.2, -0.15) is 0 Å². The van der Waals surface area contributed by atoms with Crippen LogP contribution in [0.5, 0.6) is 0 Å². The largest absolute Gasteiger partial charge is 0.312 e. The molecule has 15 heavy (non-hydrogen) atoms. The van der Waals surface area contributed by atoms with Crippen LogP contribution in [0.25, 0.3) is 0 Å². The molecule has 1 atom stereocenters. The lowest BCUT2D eigenvalue weighted by Crippen LogP contribution is -2.48. The lowest BCUT2D eigenvalue weighted by Gasteiger charge is -2.31. The van der Waals surface area contributed by atoms with Crippen molar-refractivity contribution in [1.82, 2.24) is 10.2 Å². The van der Waals surface area contributed by atoms with Gasteiger partial charge in [0.2, 0.25) is 0 Å². The second-order valence-corrected chi connectivity index (χ2v) is 4.22. The minimum atomic E-state index is -0.143. The molecular weight excluding hydrogens is 191 g/mol. The standard InChI is InChI=1S/C12H17FN2/c1-10-8-15(6-5-14-10)9-11-3-2-4-12(13)7-11/h2-4,7,10,14H,5-6,8-9H2,1H3/t10-/m0/s1. The Hall–Kier alpha value is -0.930. The van der Waals surface area contributed by atoms with Crippen molar-refractivity contribution in [2.75, 3.05) is 19.6 Å². The summed E-state index contributed by atoms with van der Waals surface area (Å²) in [5.41, 5.74) is 1.06. The maximum atomic E-state index is 13.0. The number of halogens is 1. The van der Waals surface area contributed by atoms with E-state index in [1.807, 2.05) is 6.07 Å². The van der Waals surface area contributed by atoms with Gasteiger partial charge in [0.1, 0.15) is 5.82 Å². The van der Waals surface area contributed by atoms with Crippen molar-refractivity contribution in [1.29, 1.82) is 0 Å². The first-order valence-electron chi connectivity index (χ1n) is 5.44. The van der Waals surface area contributed by atoms with Gasteiger partial charge in [-0.1, -0.05) is 12.1 Å². The van der Waals surface area contributed by atoms with Crippen molar-refractivity contribution in [3.8, 4) is 0 Å². The summed E-state index contributed by atoms with van der Waals surface area (Å²) < 4.78 is 13.0. The van der Waals surface area contributed by atoms with Crippen molar-refractivity contribution in [2.45, 2.75) is 19.5 Å². The number of rotatable bonds is 2. The van der Waals surface area contributed by atoms with E-state index in [1.165, 1.54) is 6.07 Å². The fourth-order valence-electron chi connectivity index (χ4n) is 2.05. The highest BCUT2D eigenvalue weighted by molar-refractivity contribution is 5.16. The van der Waals surface area contributed by atoms with Crippen LogP contribution in [0, 0.1) is 5.82 Å². The van der Waals surface area contributed by atoms with Crippen LogP contribution in [0.3, 0.4) is 0 Å². The van der Waals surface area contributed by atoms with Crippen LogP contribution in [0.4, 0.5) is 4.39 Å². The second-order valence-electron chi connectivity index (χ2n) is 4.22. The van der Waals surface area contributed by atoms with E-state index in [9.17, 15) is 4.39 Å². The number of nitrogens with one attached hydrogen (secondary N) is 1. The summed E-state index contributed by atoms with van der Waals surface area (Å²) in [7, 11) is 0. The molecule has 0 saturated carbocycles. The Morgan fingerprint density at radius 1 is 1.53 bits per heavy atom. The summed E-state index contributed by atoms with van der Waals surface area (Å²) in [4.78, 5) is 2.36. The van der Waals surface area contributed by atoms with E-state index >= 15 is 0 Å². The van der Waals surface area contributed by atoms with Gasteiger partial charge in [-0.3, -0.25) is 4.90 Å². The topological polar surface area (TPSA) is 15.3 Å². The van der Waals surface area contributed by atoms with E-state index in [4.69, 9.17) is 0 Å². The quantitative estimate of drug-likeness (QED) is 0.794. The highest BCUT2D eigenvalue weighted by Crippen LogP contribution is 2.09. The van der Waals surface area contributed by atoms with Crippen LogP contribution in [0.2, 0.25) is 0 Å². The molecule has 0 aliphatic carbocycles. The predicted octanol–water partition coefficient (Wildman–Crippen LogP) is 1.62. The third-order valence-corrected chi connectivity index (χ3v) is 2.75. The van der Waals surface area contributed by atoms with E-state index in [-0.39, 0.29) is 5.82 Å². The molecule has 0 aromatic heterocycles. The minimum absolute atomic E-state index is 0.143. The average Bonchev–Trinajstić information content (AvgIpc) is 2.17. The van der Waals surface area contributed by atoms with Crippen LogP contribution in [-0.4, -0.2) is 30.6 Å².